The molecule has 100 valence electrons. The van der Waals surface area contributed by atoms with Crippen LogP contribution in [0.1, 0.15) is 32.1 Å². The molecule has 0 atom stereocenters. The van der Waals surface area contributed by atoms with E-state index >= 15 is 0 Å². The quantitative estimate of drug-likeness (QED) is 0.524. The summed E-state index contributed by atoms with van der Waals surface area (Å²) >= 11 is 5.26. The van der Waals surface area contributed by atoms with E-state index in [1.165, 1.54) is 44.2 Å². The Hall–Kier alpha value is -0.0900. The summed E-state index contributed by atoms with van der Waals surface area (Å²) in [5.74, 6) is -0.549. The summed E-state index contributed by atoms with van der Waals surface area (Å²) in [7, 11) is 0. The molecule has 0 heterocycles. The molecule has 1 aromatic carbocycles. The SMILES string of the molecule is Fc1ccc(SCC2(CBr)CCCCC2)cc1F. The van der Waals surface area contributed by atoms with E-state index in [9.17, 15) is 8.78 Å². The van der Waals surface area contributed by atoms with Gasteiger partial charge < -0.3 is 0 Å². The van der Waals surface area contributed by atoms with Gasteiger partial charge >= 0.3 is 0 Å². The second-order valence-corrected chi connectivity index (χ2v) is 6.67. The zero-order valence-corrected chi connectivity index (χ0v) is 12.6. The largest absolute Gasteiger partial charge is 0.204 e. The highest BCUT2D eigenvalue weighted by Crippen LogP contribution is 2.42. The molecule has 0 nitrogen and oxygen atoms in total. The second kappa shape index (κ2) is 6.38. The minimum absolute atomic E-state index is 0.327. The Morgan fingerprint density at radius 3 is 2.44 bits per heavy atom. The summed E-state index contributed by atoms with van der Waals surface area (Å²) < 4.78 is 26.0. The predicted molar refractivity (Wildman–Crippen MR) is 76.4 cm³/mol. The zero-order chi connectivity index (χ0) is 13.0. The molecule has 2 rings (SSSR count). The molecule has 0 amide bonds. The second-order valence-electron chi connectivity index (χ2n) is 5.06. The molecule has 1 aliphatic rings. The van der Waals surface area contributed by atoms with Crippen molar-refractivity contribution in [3.8, 4) is 0 Å². The first kappa shape index (κ1) is 14.3. The molecule has 0 aliphatic heterocycles. The lowest BCUT2D eigenvalue weighted by Gasteiger charge is -2.35. The summed E-state index contributed by atoms with van der Waals surface area (Å²) in [5.41, 5.74) is 0.327. The topological polar surface area (TPSA) is 0 Å². The van der Waals surface area contributed by atoms with Crippen molar-refractivity contribution in [2.75, 3.05) is 11.1 Å². The predicted octanol–water partition coefficient (Wildman–Crippen LogP) is 5.40. The molecule has 1 aliphatic carbocycles. The smallest absolute Gasteiger partial charge is 0.159 e. The van der Waals surface area contributed by atoms with E-state index in [1.54, 1.807) is 17.8 Å². The van der Waals surface area contributed by atoms with Crippen LogP contribution in [0, 0.1) is 17.0 Å². The van der Waals surface area contributed by atoms with Gasteiger partial charge in [0.15, 0.2) is 11.6 Å². The van der Waals surface area contributed by atoms with Crippen LogP contribution in [-0.4, -0.2) is 11.1 Å². The number of benzene rings is 1. The Balaban J connectivity index is 1.98. The van der Waals surface area contributed by atoms with Gasteiger partial charge in [-0.2, -0.15) is 0 Å². The van der Waals surface area contributed by atoms with E-state index < -0.39 is 11.6 Å². The maximum atomic E-state index is 13.1. The Kier molecular flexibility index (Phi) is 5.07. The van der Waals surface area contributed by atoms with Gasteiger partial charge in [-0.15, -0.1) is 11.8 Å². The Morgan fingerprint density at radius 2 is 1.83 bits per heavy atom. The van der Waals surface area contributed by atoms with Crippen molar-refractivity contribution in [3.63, 3.8) is 0 Å². The molecule has 0 saturated heterocycles. The number of rotatable bonds is 4. The molecule has 0 unspecified atom stereocenters. The highest BCUT2D eigenvalue weighted by molar-refractivity contribution is 9.09. The van der Waals surface area contributed by atoms with Gasteiger partial charge in [0.05, 0.1) is 0 Å². The van der Waals surface area contributed by atoms with Crippen molar-refractivity contribution in [1.82, 2.24) is 0 Å². The van der Waals surface area contributed by atoms with Crippen LogP contribution in [0.25, 0.3) is 0 Å². The first-order valence-corrected chi connectivity index (χ1v) is 8.40. The molecule has 0 bridgehead atoms. The summed E-state index contributed by atoms with van der Waals surface area (Å²) in [6.07, 6.45) is 6.35. The van der Waals surface area contributed by atoms with Crippen molar-refractivity contribution in [3.05, 3.63) is 29.8 Å². The maximum absolute atomic E-state index is 13.1. The molecule has 4 heteroatoms. The molecule has 1 saturated carbocycles. The molecule has 0 N–H and O–H groups in total. The Morgan fingerprint density at radius 1 is 1.11 bits per heavy atom. The number of alkyl halides is 1. The lowest BCUT2D eigenvalue weighted by Crippen LogP contribution is -2.28. The molecule has 1 fully saturated rings. The molecule has 0 radical (unpaired) electrons. The number of halogens is 3. The molecular weight excluding hydrogens is 318 g/mol. The molecule has 1 aromatic rings. The summed E-state index contributed by atoms with van der Waals surface area (Å²) in [6.45, 7) is 0. The number of thioether (sulfide) groups is 1. The lowest BCUT2D eigenvalue weighted by molar-refractivity contribution is 0.260. The summed E-state index contributed by atoms with van der Waals surface area (Å²) in [4.78, 5) is 0.819. The number of hydrogen-bond donors (Lipinski definition) is 0. The van der Waals surface area contributed by atoms with Gasteiger partial charge in [-0.3, -0.25) is 0 Å². The third kappa shape index (κ3) is 3.47. The summed E-state index contributed by atoms with van der Waals surface area (Å²) in [6, 6.07) is 4.16. The monoisotopic (exact) mass is 334 g/mol. The fourth-order valence-electron chi connectivity index (χ4n) is 2.42. The molecule has 0 spiro atoms. The van der Waals surface area contributed by atoms with Crippen LogP contribution in [0.5, 0.6) is 0 Å². The van der Waals surface area contributed by atoms with Crippen molar-refractivity contribution >= 4 is 27.7 Å². The van der Waals surface area contributed by atoms with E-state index in [0.717, 1.165) is 16.0 Å². The fraction of sp³-hybridized carbons (Fsp3) is 0.571. The van der Waals surface area contributed by atoms with Crippen LogP contribution in [0.15, 0.2) is 23.1 Å². The van der Waals surface area contributed by atoms with Crippen LogP contribution in [0.3, 0.4) is 0 Å². The van der Waals surface area contributed by atoms with Gasteiger partial charge in [0.25, 0.3) is 0 Å². The number of hydrogen-bond acceptors (Lipinski definition) is 1. The van der Waals surface area contributed by atoms with Gasteiger partial charge in [-0.25, -0.2) is 8.78 Å². The summed E-state index contributed by atoms with van der Waals surface area (Å²) in [5, 5.41) is 0.997. The lowest BCUT2D eigenvalue weighted by atomic mass is 9.77. The third-order valence-corrected chi connectivity index (χ3v) is 6.17. The Bertz CT molecular complexity index is 403. The average Bonchev–Trinajstić information content (AvgIpc) is 2.41. The zero-order valence-electron chi connectivity index (χ0n) is 10.2. The minimum Gasteiger partial charge on any atom is -0.204 e. The normalized spacial score (nSPS) is 18.8. The standard InChI is InChI=1S/C14H17BrF2S/c15-9-14(6-2-1-3-7-14)10-18-11-4-5-12(16)13(17)8-11/h4-5,8H,1-3,6-7,9-10H2. The minimum atomic E-state index is -0.771. The van der Waals surface area contributed by atoms with Crippen LogP contribution in [-0.2, 0) is 0 Å². The first-order chi connectivity index (χ1) is 8.65. The van der Waals surface area contributed by atoms with Crippen molar-refractivity contribution in [2.24, 2.45) is 5.41 Å². The van der Waals surface area contributed by atoms with Gasteiger partial charge in [-0.1, -0.05) is 35.2 Å². The van der Waals surface area contributed by atoms with Gasteiger partial charge in [0, 0.05) is 16.0 Å². The maximum Gasteiger partial charge on any atom is 0.159 e. The highest BCUT2D eigenvalue weighted by atomic mass is 79.9. The van der Waals surface area contributed by atoms with Gasteiger partial charge in [0.1, 0.15) is 0 Å². The van der Waals surface area contributed by atoms with E-state index in [-0.39, 0.29) is 0 Å². The van der Waals surface area contributed by atoms with Crippen molar-refractivity contribution < 1.29 is 8.78 Å². The van der Waals surface area contributed by atoms with Crippen LogP contribution < -0.4 is 0 Å². The molecule has 18 heavy (non-hydrogen) atoms. The van der Waals surface area contributed by atoms with E-state index in [4.69, 9.17) is 0 Å². The van der Waals surface area contributed by atoms with Gasteiger partial charge in [0.2, 0.25) is 0 Å². The van der Waals surface area contributed by atoms with Crippen molar-refractivity contribution in [1.29, 1.82) is 0 Å². The molecule has 0 aromatic heterocycles. The third-order valence-electron chi connectivity index (χ3n) is 3.63. The first-order valence-electron chi connectivity index (χ1n) is 6.29. The van der Waals surface area contributed by atoms with Crippen LogP contribution >= 0.6 is 27.7 Å². The highest BCUT2D eigenvalue weighted by Gasteiger charge is 2.30. The molecular formula is C14H17BrF2S. The average molecular weight is 335 g/mol. The van der Waals surface area contributed by atoms with Crippen LogP contribution in [0.4, 0.5) is 8.78 Å². The van der Waals surface area contributed by atoms with Crippen molar-refractivity contribution in [2.45, 2.75) is 37.0 Å². The Labute approximate surface area is 120 Å². The van der Waals surface area contributed by atoms with E-state index in [0.29, 0.717) is 5.41 Å². The van der Waals surface area contributed by atoms with E-state index in [2.05, 4.69) is 15.9 Å². The van der Waals surface area contributed by atoms with Crippen LogP contribution in [0.2, 0.25) is 0 Å². The van der Waals surface area contributed by atoms with Gasteiger partial charge in [-0.05, 0) is 36.5 Å². The van der Waals surface area contributed by atoms with E-state index in [1.807, 2.05) is 0 Å². The fourth-order valence-corrected chi connectivity index (χ4v) is 4.66.